The van der Waals surface area contributed by atoms with Gasteiger partial charge in [-0.2, -0.15) is 0 Å². The van der Waals surface area contributed by atoms with Gasteiger partial charge < -0.3 is 4.57 Å². The van der Waals surface area contributed by atoms with E-state index in [0.717, 1.165) is 16.6 Å². The summed E-state index contributed by atoms with van der Waals surface area (Å²) in [6.07, 6.45) is 7.79. The molecule has 0 fully saturated rings. The molecular weight excluding hydrogens is 325 g/mol. The molecule has 0 saturated carbocycles. The van der Waals surface area contributed by atoms with Crippen LogP contribution in [0.2, 0.25) is 10.0 Å². The van der Waals surface area contributed by atoms with Gasteiger partial charge in [0.15, 0.2) is 0 Å². The maximum absolute atomic E-state index is 6.23. The van der Waals surface area contributed by atoms with E-state index < -0.39 is 0 Å². The Kier molecular flexibility index (Phi) is 5.50. The molecule has 122 valence electrons. The van der Waals surface area contributed by atoms with Gasteiger partial charge in [-0.3, -0.25) is 0 Å². The van der Waals surface area contributed by atoms with E-state index in [4.69, 9.17) is 23.2 Å². The van der Waals surface area contributed by atoms with Crippen LogP contribution in [0.5, 0.6) is 0 Å². The van der Waals surface area contributed by atoms with Crippen molar-refractivity contribution in [2.45, 2.75) is 52.0 Å². The second kappa shape index (κ2) is 7.59. The van der Waals surface area contributed by atoms with Crippen LogP contribution in [0.4, 0.5) is 0 Å². The summed E-state index contributed by atoms with van der Waals surface area (Å²) >= 11 is 12.5. The zero-order chi connectivity index (χ0) is 16.2. The molecule has 23 heavy (non-hydrogen) atoms. The third-order valence-corrected chi connectivity index (χ3v) is 5.00. The molecule has 0 unspecified atom stereocenters. The van der Waals surface area contributed by atoms with Crippen molar-refractivity contribution in [2.75, 3.05) is 0 Å². The quantitative estimate of drug-likeness (QED) is 0.390. The molecule has 0 N–H and O–H groups in total. The fourth-order valence-electron chi connectivity index (χ4n) is 3.33. The fourth-order valence-corrected chi connectivity index (χ4v) is 3.67. The highest BCUT2D eigenvalue weighted by atomic mass is 35.5. The topological polar surface area (TPSA) is 4.93 Å². The average molecular weight is 348 g/mol. The monoisotopic (exact) mass is 347 g/mol. The number of nitrogens with zero attached hydrogens (tertiary/aromatic N) is 1. The minimum absolute atomic E-state index is 0.788. The zero-order valence-electron chi connectivity index (χ0n) is 13.6. The summed E-state index contributed by atoms with van der Waals surface area (Å²) in [5.74, 6) is 0. The van der Waals surface area contributed by atoms with Gasteiger partial charge in [0.25, 0.3) is 0 Å². The molecule has 0 spiro atoms. The average Bonchev–Trinajstić information content (AvgIpc) is 2.83. The fraction of sp³-hybridized carbons (Fsp3) is 0.400. The Hall–Kier alpha value is -1.18. The predicted molar refractivity (Wildman–Crippen MR) is 103 cm³/mol. The van der Waals surface area contributed by atoms with Gasteiger partial charge in [-0.1, -0.05) is 74.4 Å². The second-order valence-corrected chi connectivity index (χ2v) is 7.12. The van der Waals surface area contributed by atoms with Gasteiger partial charge in [0.05, 0.1) is 11.0 Å². The maximum Gasteiger partial charge on any atom is 0.0506 e. The minimum Gasteiger partial charge on any atom is -0.340 e. The Balaban J connectivity index is 1.89. The van der Waals surface area contributed by atoms with Crippen LogP contribution in [0.1, 0.15) is 45.4 Å². The summed E-state index contributed by atoms with van der Waals surface area (Å²) < 4.78 is 2.38. The normalized spacial score (nSPS) is 11.6. The van der Waals surface area contributed by atoms with Gasteiger partial charge in [-0.05, 0) is 30.7 Å². The Morgan fingerprint density at radius 3 is 1.83 bits per heavy atom. The van der Waals surface area contributed by atoms with Gasteiger partial charge in [-0.15, -0.1) is 0 Å². The largest absolute Gasteiger partial charge is 0.340 e. The molecule has 2 aromatic carbocycles. The number of hydrogen-bond acceptors (Lipinski definition) is 0. The maximum atomic E-state index is 6.23. The lowest BCUT2D eigenvalue weighted by molar-refractivity contribution is 0.571. The van der Waals surface area contributed by atoms with Crippen LogP contribution in [0.15, 0.2) is 36.4 Å². The molecule has 1 aromatic heterocycles. The van der Waals surface area contributed by atoms with E-state index >= 15 is 0 Å². The number of benzene rings is 2. The van der Waals surface area contributed by atoms with Crippen molar-refractivity contribution in [3.63, 3.8) is 0 Å². The third-order valence-electron chi connectivity index (χ3n) is 4.53. The smallest absolute Gasteiger partial charge is 0.0506 e. The predicted octanol–water partition coefficient (Wildman–Crippen LogP) is 7.46. The lowest BCUT2D eigenvalue weighted by Crippen LogP contribution is -1.97. The Bertz CT molecular complexity index is 745. The molecule has 3 aromatic rings. The molecule has 3 rings (SSSR count). The first-order valence-electron chi connectivity index (χ1n) is 8.57. The van der Waals surface area contributed by atoms with Crippen molar-refractivity contribution in [3.8, 4) is 0 Å². The summed E-state index contributed by atoms with van der Waals surface area (Å²) in [7, 11) is 0. The molecule has 0 bridgehead atoms. The van der Waals surface area contributed by atoms with E-state index in [1.807, 2.05) is 12.1 Å². The van der Waals surface area contributed by atoms with Crippen LogP contribution >= 0.6 is 23.2 Å². The molecule has 0 aliphatic carbocycles. The number of fused-ring (bicyclic) bond motifs is 3. The number of rotatable bonds is 7. The molecule has 0 aliphatic heterocycles. The van der Waals surface area contributed by atoms with E-state index in [1.54, 1.807) is 0 Å². The van der Waals surface area contributed by atoms with Crippen molar-refractivity contribution in [1.29, 1.82) is 0 Å². The number of aromatic nitrogens is 1. The molecule has 3 heteroatoms. The molecule has 0 atom stereocenters. The van der Waals surface area contributed by atoms with E-state index in [0.29, 0.717) is 0 Å². The Labute approximate surface area is 148 Å². The standard InChI is InChI=1S/C20H23Cl2N/c1-2-3-4-5-6-7-12-23-19-13-15(21)8-10-17(19)18-11-9-16(22)14-20(18)23/h8-11,13-14H,2-7,12H2,1H3. The Morgan fingerprint density at radius 2 is 1.26 bits per heavy atom. The minimum atomic E-state index is 0.788. The summed E-state index contributed by atoms with van der Waals surface area (Å²) in [5, 5.41) is 4.09. The van der Waals surface area contributed by atoms with Gasteiger partial charge >= 0.3 is 0 Å². The first kappa shape index (κ1) is 16.7. The highest BCUT2D eigenvalue weighted by molar-refractivity contribution is 6.32. The SMILES string of the molecule is CCCCCCCCn1c2cc(Cl)ccc2c2ccc(Cl)cc21. The molecule has 1 nitrogen and oxygen atoms in total. The van der Waals surface area contributed by atoms with Crippen molar-refractivity contribution < 1.29 is 0 Å². The van der Waals surface area contributed by atoms with Crippen LogP contribution in [0.3, 0.4) is 0 Å². The van der Waals surface area contributed by atoms with Crippen LogP contribution in [0, 0.1) is 0 Å². The molecule has 0 saturated heterocycles. The van der Waals surface area contributed by atoms with Gasteiger partial charge in [-0.25, -0.2) is 0 Å². The van der Waals surface area contributed by atoms with E-state index in [2.05, 4.69) is 35.8 Å². The highest BCUT2D eigenvalue weighted by Crippen LogP contribution is 2.32. The van der Waals surface area contributed by atoms with Gasteiger partial charge in [0, 0.05) is 27.4 Å². The molecule has 0 amide bonds. The number of aryl methyl sites for hydroxylation is 1. The lowest BCUT2D eigenvalue weighted by atomic mass is 10.1. The zero-order valence-corrected chi connectivity index (χ0v) is 15.1. The molecular formula is C20H23Cl2N. The molecule has 0 radical (unpaired) electrons. The first-order chi connectivity index (χ1) is 11.2. The molecule has 1 heterocycles. The van der Waals surface area contributed by atoms with Crippen LogP contribution < -0.4 is 0 Å². The van der Waals surface area contributed by atoms with Crippen LogP contribution in [-0.2, 0) is 6.54 Å². The van der Waals surface area contributed by atoms with Crippen LogP contribution in [-0.4, -0.2) is 4.57 Å². The summed E-state index contributed by atoms with van der Waals surface area (Å²) in [6, 6.07) is 12.3. The van der Waals surface area contributed by atoms with Crippen molar-refractivity contribution >= 4 is 45.0 Å². The number of hydrogen-bond donors (Lipinski definition) is 0. The van der Waals surface area contributed by atoms with Crippen molar-refractivity contribution in [3.05, 3.63) is 46.4 Å². The van der Waals surface area contributed by atoms with Crippen LogP contribution in [0.25, 0.3) is 21.8 Å². The highest BCUT2D eigenvalue weighted by Gasteiger charge is 2.11. The first-order valence-corrected chi connectivity index (χ1v) is 9.33. The molecule has 0 aliphatic rings. The Morgan fingerprint density at radius 1 is 0.739 bits per heavy atom. The summed E-state index contributed by atoms with van der Waals surface area (Å²) in [5.41, 5.74) is 2.42. The summed E-state index contributed by atoms with van der Waals surface area (Å²) in [6.45, 7) is 3.28. The van der Waals surface area contributed by atoms with E-state index in [-0.39, 0.29) is 0 Å². The van der Waals surface area contributed by atoms with Gasteiger partial charge in [0.1, 0.15) is 0 Å². The lowest BCUT2D eigenvalue weighted by Gasteiger charge is -2.08. The van der Waals surface area contributed by atoms with E-state index in [1.165, 1.54) is 60.3 Å². The van der Waals surface area contributed by atoms with E-state index in [9.17, 15) is 0 Å². The van der Waals surface area contributed by atoms with Crippen molar-refractivity contribution in [2.24, 2.45) is 0 Å². The summed E-state index contributed by atoms with van der Waals surface area (Å²) in [4.78, 5) is 0. The number of halogens is 2. The van der Waals surface area contributed by atoms with Crippen molar-refractivity contribution in [1.82, 2.24) is 4.57 Å². The second-order valence-electron chi connectivity index (χ2n) is 6.24. The number of unbranched alkanes of at least 4 members (excludes halogenated alkanes) is 5. The third kappa shape index (κ3) is 3.67. The van der Waals surface area contributed by atoms with Gasteiger partial charge in [0.2, 0.25) is 0 Å².